The standard InChI is InChI=1S/C19H28N2O4.ClH/c1-23-16-7-6-14(17(24-2)18(16)25-3)19(22)21-11-8-13(9-12-21)15-5-4-10-20-15;/h6-7,13,15,20H,4-5,8-12H2,1-3H3;1H. The minimum atomic E-state index is -0.00404. The number of piperidine rings is 1. The Kier molecular flexibility index (Phi) is 7.41. The average Bonchev–Trinajstić information content (AvgIpc) is 3.21. The van der Waals surface area contributed by atoms with Crippen molar-refractivity contribution in [3.05, 3.63) is 17.7 Å². The lowest BCUT2D eigenvalue weighted by molar-refractivity contribution is 0.0670. The zero-order valence-corrected chi connectivity index (χ0v) is 16.6. The number of nitrogens with zero attached hydrogens (tertiary/aromatic N) is 1. The molecule has 1 aromatic carbocycles. The second-order valence-corrected chi connectivity index (χ2v) is 6.71. The first kappa shape index (κ1) is 20.6. The van der Waals surface area contributed by atoms with Gasteiger partial charge in [-0.3, -0.25) is 4.79 Å². The number of likely N-dealkylation sites (tertiary alicyclic amines) is 1. The summed E-state index contributed by atoms with van der Waals surface area (Å²) in [5.41, 5.74) is 0.526. The molecule has 2 heterocycles. The molecule has 2 aliphatic heterocycles. The van der Waals surface area contributed by atoms with Gasteiger partial charge in [0.25, 0.3) is 5.91 Å². The smallest absolute Gasteiger partial charge is 0.257 e. The highest BCUT2D eigenvalue weighted by atomic mass is 35.5. The van der Waals surface area contributed by atoms with Gasteiger partial charge in [-0.05, 0) is 50.3 Å². The van der Waals surface area contributed by atoms with Crippen molar-refractivity contribution < 1.29 is 19.0 Å². The fourth-order valence-electron chi connectivity index (χ4n) is 4.06. The molecule has 1 unspecified atom stereocenters. The minimum absolute atomic E-state index is 0. The van der Waals surface area contributed by atoms with Crippen molar-refractivity contribution >= 4 is 18.3 Å². The normalized spacial score (nSPS) is 20.4. The highest BCUT2D eigenvalue weighted by Gasteiger charge is 2.31. The Bertz CT molecular complexity index is 612. The number of nitrogens with one attached hydrogen (secondary N) is 1. The Labute approximate surface area is 161 Å². The van der Waals surface area contributed by atoms with Gasteiger partial charge in [-0.15, -0.1) is 12.4 Å². The van der Waals surface area contributed by atoms with E-state index in [1.54, 1.807) is 33.5 Å². The summed E-state index contributed by atoms with van der Waals surface area (Å²) in [6, 6.07) is 4.14. The highest BCUT2D eigenvalue weighted by Crippen LogP contribution is 2.40. The van der Waals surface area contributed by atoms with Gasteiger partial charge < -0.3 is 24.4 Å². The van der Waals surface area contributed by atoms with Crippen LogP contribution >= 0.6 is 12.4 Å². The second-order valence-electron chi connectivity index (χ2n) is 6.71. The van der Waals surface area contributed by atoms with Crippen LogP contribution in [0.5, 0.6) is 17.2 Å². The fourth-order valence-corrected chi connectivity index (χ4v) is 4.06. The SMILES string of the molecule is COc1ccc(C(=O)N2CCC(C3CCCN3)CC2)c(OC)c1OC.Cl. The van der Waals surface area contributed by atoms with E-state index in [0.29, 0.717) is 34.8 Å². The summed E-state index contributed by atoms with van der Waals surface area (Å²) in [4.78, 5) is 14.9. The Morgan fingerprint density at radius 1 is 1.04 bits per heavy atom. The molecule has 0 spiro atoms. The van der Waals surface area contributed by atoms with Crippen molar-refractivity contribution in [2.24, 2.45) is 5.92 Å². The molecule has 0 radical (unpaired) electrons. The van der Waals surface area contributed by atoms with Crippen LogP contribution in [0.2, 0.25) is 0 Å². The lowest BCUT2D eigenvalue weighted by Gasteiger charge is -2.35. The first-order valence-electron chi connectivity index (χ1n) is 9.01. The Morgan fingerprint density at radius 2 is 1.73 bits per heavy atom. The van der Waals surface area contributed by atoms with Crippen molar-refractivity contribution in [1.82, 2.24) is 10.2 Å². The molecule has 1 N–H and O–H groups in total. The largest absolute Gasteiger partial charge is 0.493 e. The molecule has 6 nitrogen and oxygen atoms in total. The highest BCUT2D eigenvalue weighted by molar-refractivity contribution is 5.98. The maximum Gasteiger partial charge on any atom is 0.257 e. The van der Waals surface area contributed by atoms with E-state index in [9.17, 15) is 4.79 Å². The topological polar surface area (TPSA) is 60.0 Å². The Balaban J connectivity index is 0.00000243. The van der Waals surface area contributed by atoms with Gasteiger partial charge in [0.1, 0.15) is 0 Å². The van der Waals surface area contributed by atoms with Crippen LogP contribution in [0, 0.1) is 5.92 Å². The van der Waals surface area contributed by atoms with Gasteiger partial charge in [-0.1, -0.05) is 0 Å². The Morgan fingerprint density at radius 3 is 2.27 bits per heavy atom. The number of halogens is 1. The van der Waals surface area contributed by atoms with E-state index in [2.05, 4.69) is 5.32 Å². The van der Waals surface area contributed by atoms with E-state index < -0.39 is 0 Å². The van der Waals surface area contributed by atoms with Crippen LogP contribution < -0.4 is 19.5 Å². The molecule has 0 saturated carbocycles. The van der Waals surface area contributed by atoms with Crippen LogP contribution in [-0.2, 0) is 0 Å². The summed E-state index contributed by atoms with van der Waals surface area (Å²) in [7, 11) is 4.67. The summed E-state index contributed by atoms with van der Waals surface area (Å²) >= 11 is 0. The molecule has 26 heavy (non-hydrogen) atoms. The van der Waals surface area contributed by atoms with Gasteiger partial charge in [0, 0.05) is 19.1 Å². The van der Waals surface area contributed by atoms with Crippen molar-refractivity contribution in [3.8, 4) is 17.2 Å². The van der Waals surface area contributed by atoms with Crippen LogP contribution in [0.3, 0.4) is 0 Å². The van der Waals surface area contributed by atoms with Gasteiger partial charge in [0.05, 0.1) is 26.9 Å². The summed E-state index contributed by atoms with van der Waals surface area (Å²) < 4.78 is 16.1. The molecular formula is C19H29ClN2O4. The lowest BCUT2D eigenvalue weighted by Crippen LogP contribution is -2.43. The summed E-state index contributed by atoms with van der Waals surface area (Å²) in [5, 5.41) is 3.59. The molecule has 0 aliphatic carbocycles. The quantitative estimate of drug-likeness (QED) is 0.845. The van der Waals surface area contributed by atoms with Crippen molar-refractivity contribution in [3.63, 3.8) is 0 Å². The zero-order valence-electron chi connectivity index (χ0n) is 15.7. The molecule has 0 bridgehead atoms. The maximum atomic E-state index is 13.0. The third kappa shape index (κ3) is 4.01. The number of carbonyl (C=O) groups excluding carboxylic acids is 1. The molecule has 1 atom stereocenters. The third-order valence-corrected chi connectivity index (χ3v) is 5.43. The van der Waals surface area contributed by atoms with Crippen LogP contribution in [-0.4, -0.2) is 57.8 Å². The van der Waals surface area contributed by atoms with E-state index in [1.807, 2.05) is 4.90 Å². The zero-order chi connectivity index (χ0) is 17.8. The number of methoxy groups -OCH3 is 3. The number of amides is 1. The number of rotatable bonds is 5. The van der Waals surface area contributed by atoms with Gasteiger partial charge in [-0.2, -0.15) is 0 Å². The molecular weight excluding hydrogens is 356 g/mol. The van der Waals surface area contributed by atoms with Crippen LogP contribution in [0.1, 0.15) is 36.0 Å². The molecule has 0 aromatic heterocycles. The van der Waals surface area contributed by atoms with E-state index in [4.69, 9.17) is 14.2 Å². The maximum absolute atomic E-state index is 13.0. The number of hydrogen-bond donors (Lipinski definition) is 1. The molecule has 1 aromatic rings. The predicted molar refractivity (Wildman–Crippen MR) is 103 cm³/mol. The van der Waals surface area contributed by atoms with Crippen molar-refractivity contribution in [1.29, 1.82) is 0 Å². The summed E-state index contributed by atoms with van der Waals surface area (Å²) in [5.74, 6) is 2.13. The van der Waals surface area contributed by atoms with Crippen LogP contribution in [0.25, 0.3) is 0 Å². The van der Waals surface area contributed by atoms with Crippen LogP contribution in [0.4, 0.5) is 0 Å². The predicted octanol–water partition coefficient (Wildman–Crippen LogP) is 2.74. The van der Waals surface area contributed by atoms with Crippen molar-refractivity contribution in [2.75, 3.05) is 41.0 Å². The third-order valence-electron chi connectivity index (χ3n) is 5.43. The fraction of sp³-hybridized carbons (Fsp3) is 0.632. The van der Waals surface area contributed by atoms with E-state index in [1.165, 1.54) is 12.8 Å². The number of hydrogen-bond acceptors (Lipinski definition) is 5. The molecule has 3 rings (SSSR count). The monoisotopic (exact) mass is 384 g/mol. The molecule has 2 aliphatic rings. The lowest BCUT2D eigenvalue weighted by atomic mass is 9.88. The molecule has 2 saturated heterocycles. The Hall–Kier alpha value is -1.66. The summed E-state index contributed by atoms with van der Waals surface area (Å²) in [6.07, 6.45) is 4.65. The first-order chi connectivity index (χ1) is 12.2. The second kappa shape index (κ2) is 9.33. The molecule has 7 heteroatoms. The number of ether oxygens (including phenoxy) is 3. The van der Waals surface area contributed by atoms with Gasteiger partial charge in [0.2, 0.25) is 5.75 Å². The van der Waals surface area contributed by atoms with Gasteiger partial charge >= 0.3 is 0 Å². The number of carbonyl (C=O) groups is 1. The summed E-state index contributed by atoms with van der Waals surface area (Å²) in [6.45, 7) is 2.71. The van der Waals surface area contributed by atoms with E-state index in [-0.39, 0.29) is 18.3 Å². The number of benzene rings is 1. The molecule has 1 amide bonds. The molecule has 146 valence electrons. The van der Waals surface area contributed by atoms with Crippen molar-refractivity contribution in [2.45, 2.75) is 31.7 Å². The van der Waals surface area contributed by atoms with Gasteiger partial charge in [0.15, 0.2) is 11.5 Å². The van der Waals surface area contributed by atoms with E-state index in [0.717, 1.165) is 32.5 Å². The molecule has 2 fully saturated rings. The van der Waals surface area contributed by atoms with Crippen LogP contribution in [0.15, 0.2) is 12.1 Å². The average molecular weight is 385 g/mol. The first-order valence-corrected chi connectivity index (χ1v) is 9.01. The minimum Gasteiger partial charge on any atom is -0.493 e. The van der Waals surface area contributed by atoms with E-state index >= 15 is 0 Å². The van der Waals surface area contributed by atoms with Gasteiger partial charge in [-0.25, -0.2) is 0 Å².